The molecule has 240 valence electrons. The summed E-state index contributed by atoms with van der Waals surface area (Å²) in [7, 11) is 0. The Bertz CT molecular complexity index is 2130. The van der Waals surface area contributed by atoms with E-state index in [4.69, 9.17) is 15.0 Å². The van der Waals surface area contributed by atoms with Gasteiger partial charge in [0.25, 0.3) is 0 Å². The van der Waals surface area contributed by atoms with Crippen LogP contribution in [0.1, 0.15) is 57.1 Å². The highest BCUT2D eigenvalue weighted by Crippen LogP contribution is 2.54. The maximum absolute atomic E-state index is 9.60. The largest absolute Gasteiger partial charge is 0.265 e. The molecular weight excluding hydrogens is 599 g/mol. The third-order valence-corrected chi connectivity index (χ3v) is 10.6. The lowest BCUT2D eigenvalue weighted by Gasteiger charge is -2.50. The summed E-state index contributed by atoms with van der Waals surface area (Å²) in [6, 6.07) is 39.8. The minimum Gasteiger partial charge on any atom is -0.265 e. The van der Waals surface area contributed by atoms with E-state index in [1.165, 1.54) is 43.2 Å². The molecule has 0 radical (unpaired) electrons. The molecule has 5 nitrogen and oxygen atoms in total. The molecule has 2 saturated carbocycles. The lowest BCUT2D eigenvalue weighted by Crippen LogP contribution is -2.42. The van der Waals surface area contributed by atoms with E-state index in [-0.39, 0.29) is 0 Å². The lowest BCUT2D eigenvalue weighted by atomic mass is 9.54. The zero-order chi connectivity index (χ0) is 33.4. The Morgan fingerprint density at radius 2 is 1.12 bits per heavy atom. The third kappa shape index (κ3) is 6.27. The zero-order valence-electron chi connectivity index (χ0n) is 28.1. The summed E-state index contributed by atoms with van der Waals surface area (Å²) in [4.78, 5) is 19.2. The third-order valence-electron chi connectivity index (χ3n) is 10.6. The fourth-order valence-corrected chi connectivity index (χ4v) is 8.79. The smallest absolute Gasteiger partial charge is 0.164 e. The van der Waals surface area contributed by atoms with E-state index in [2.05, 4.69) is 67.4 Å². The molecular formula is C44H39N5. The standard InChI is InChI=1S/C44H39N5/c1-29-19-32-20-30(2)26-44(25-29,27-32)40-13-11-33(12-14-40)37-22-38(34-15-17-46-18-16-34)24-39(23-37)43-48-41(35-8-4-3-5-9-35)47-42(49-43)36-10-6-7-31(21-36)28-45/h3-18,21-24,29-30,32H,19-20,25-27H2,1-2H3/t29-,30+,32-,44?. The predicted octanol–water partition coefficient (Wildman–Crippen LogP) is 10.6. The Morgan fingerprint density at radius 1 is 0.551 bits per heavy atom. The van der Waals surface area contributed by atoms with Gasteiger partial charge in [-0.25, -0.2) is 15.0 Å². The van der Waals surface area contributed by atoms with E-state index < -0.39 is 0 Å². The molecule has 49 heavy (non-hydrogen) atoms. The summed E-state index contributed by atoms with van der Waals surface area (Å²) in [6.45, 7) is 4.90. The average Bonchev–Trinajstić information content (AvgIpc) is 3.14. The van der Waals surface area contributed by atoms with Crippen LogP contribution >= 0.6 is 0 Å². The minimum absolute atomic E-state index is 0.292. The van der Waals surface area contributed by atoms with Crippen LogP contribution in [0.5, 0.6) is 0 Å². The van der Waals surface area contributed by atoms with Crippen molar-refractivity contribution >= 4 is 0 Å². The molecule has 0 saturated heterocycles. The van der Waals surface area contributed by atoms with Crippen LogP contribution in [0.3, 0.4) is 0 Å². The minimum atomic E-state index is 0.292. The van der Waals surface area contributed by atoms with Crippen molar-refractivity contribution in [2.75, 3.05) is 0 Å². The molecule has 2 aliphatic rings. The van der Waals surface area contributed by atoms with Gasteiger partial charge < -0.3 is 0 Å². The lowest BCUT2D eigenvalue weighted by molar-refractivity contribution is 0.0780. The highest BCUT2D eigenvalue weighted by molar-refractivity contribution is 5.80. The first kappa shape index (κ1) is 30.8. The number of hydrogen-bond acceptors (Lipinski definition) is 5. The quantitative estimate of drug-likeness (QED) is 0.182. The summed E-state index contributed by atoms with van der Waals surface area (Å²) < 4.78 is 0. The van der Waals surface area contributed by atoms with Gasteiger partial charge in [0.1, 0.15) is 0 Å². The molecule has 2 aliphatic carbocycles. The first-order valence-corrected chi connectivity index (χ1v) is 17.4. The molecule has 0 aliphatic heterocycles. The second kappa shape index (κ2) is 12.9. The zero-order valence-corrected chi connectivity index (χ0v) is 28.1. The second-order valence-corrected chi connectivity index (χ2v) is 14.4. The van der Waals surface area contributed by atoms with Crippen molar-refractivity contribution < 1.29 is 0 Å². The molecule has 8 rings (SSSR count). The first-order chi connectivity index (χ1) is 23.9. The highest BCUT2D eigenvalue weighted by Gasteiger charge is 2.45. The monoisotopic (exact) mass is 637 g/mol. The molecule has 2 bridgehead atoms. The summed E-state index contributed by atoms with van der Waals surface area (Å²) in [5.74, 6) is 4.10. The van der Waals surface area contributed by atoms with Crippen molar-refractivity contribution in [3.63, 3.8) is 0 Å². The van der Waals surface area contributed by atoms with Gasteiger partial charge in [0.15, 0.2) is 17.5 Å². The van der Waals surface area contributed by atoms with E-state index in [0.29, 0.717) is 28.5 Å². The molecule has 0 spiro atoms. The predicted molar refractivity (Wildman–Crippen MR) is 196 cm³/mol. The Balaban J connectivity index is 1.25. The van der Waals surface area contributed by atoms with Crippen LogP contribution in [0.15, 0.2) is 122 Å². The van der Waals surface area contributed by atoms with Crippen molar-refractivity contribution in [2.45, 2.75) is 51.4 Å². The van der Waals surface area contributed by atoms with Gasteiger partial charge in [-0.15, -0.1) is 0 Å². The summed E-state index contributed by atoms with van der Waals surface area (Å²) in [5, 5.41) is 9.60. The first-order valence-electron chi connectivity index (χ1n) is 17.4. The van der Waals surface area contributed by atoms with Crippen LogP contribution in [0.4, 0.5) is 0 Å². The van der Waals surface area contributed by atoms with Gasteiger partial charge >= 0.3 is 0 Å². The van der Waals surface area contributed by atoms with Crippen molar-refractivity contribution in [1.82, 2.24) is 19.9 Å². The van der Waals surface area contributed by atoms with Crippen LogP contribution in [0, 0.1) is 29.1 Å². The van der Waals surface area contributed by atoms with E-state index in [0.717, 1.165) is 51.1 Å². The SMILES string of the molecule is C[C@@H]1C[C@@H]2C[C@H](C)CC(c3ccc(-c4cc(-c5ccncc5)cc(-c5nc(-c6ccccc6)nc(-c6cccc(C#N)c6)n5)c4)cc3)(C1)C2. The molecule has 6 aromatic rings. The van der Waals surface area contributed by atoms with Gasteiger partial charge in [-0.2, -0.15) is 5.26 Å². The Kier molecular flexibility index (Phi) is 8.09. The number of nitrogens with zero attached hydrogens (tertiary/aromatic N) is 5. The van der Waals surface area contributed by atoms with Crippen LogP contribution in [0.2, 0.25) is 0 Å². The van der Waals surface area contributed by atoms with Crippen molar-refractivity contribution in [3.05, 3.63) is 133 Å². The van der Waals surface area contributed by atoms with Gasteiger partial charge in [-0.3, -0.25) is 4.98 Å². The van der Waals surface area contributed by atoms with Crippen LogP contribution < -0.4 is 0 Å². The number of pyridine rings is 1. The van der Waals surface area contributed by atoms with Gasteiger partial charge in [0, 0.05) is 29.1 Å². The van der Waals surface area contributed by atoms with E-state index in [1.54, 1.807) is 6.07 Å². The van der Waals surface area contributed by atoms with Gasteiger partial charge in [0.2, 0.25) is 0 Å². The fraction of sp³-hybridized carbons (Fsp3) is 0.250. The Labute approximate surface area is 288 Å². The normalized spacial score (nSPS) is 21.5. The summed E-state index contributed by atoms with van der Waals surface area (Å²) in [6.07, 6.45) is 10.3. The average molecular weight is 638 g/mol. The molecule has 2 heterocycles. The number of hydrogen-bond donors (Lipinski definition) is 0. The topological polar surface area (TPSA) is 75.3 Å². The molecule has 0 amide bonds. The number of nitriles is 1. The van der Waals surface area contributed by atoms with Crippen LogP contribution in [-0.4, -0.2) is 19.9 Å². The molecule has 2 fully saturated rings. The van der Waals surface area contributed by atoms with Crippen molar-refractivity contribution in [3.8, 4) is 62.5 Å². The van der Waals surface area contributed by atoms with Gasteiger partial charge in [-0.05, 0) is 126 Å². The van der Waals surface area contributed by atoms with Crippen LogP contribution in [-0.2, 0) is 5.41 Å². The molecule has 4 aromatic carbocycles. The fourth-order valence-electron chi connectivity index (χ4n) is 8.79. The number of rotatable bonds is 6. The molecule has 2 aromatic heterocycles. The summed E-state index contributed by atoms with van der Waals surface area (Å²) >= 11 is 0. The van der Waals surface area contributed by atoms with Gasteiger partial charge in [0.05, 0.1) is 11.6 Å². The molecule has 5 heteroatoms. The second-order valence-electron chi connectivity index (χ2n) is 14.4. The van der Waals surface area contributed by atoms with E-state index in [9.17, 15) is 5.26 Å². The van der Waals surface area contributed by atoms with E-state index >= 15 is 0 Å². The van der Waals surface area contributed by atoms with E-state index in [1.807, 2.05) is 73.1 Å². The summed E-state index contributed by atoms with van der Waals surface area (Å²) in [5.41, 5.74) is 9.34. The van der Waals surface area contributed by atoms with Gasteiger partial charge in [-0.1, -0.05) is 80.6 Å². The number of aromatic nitrogens is 4. The Hall–Kier alpha value is -5.47. The highest BCUT2D eigenvalue weighted by atomic mass is 15.0. The number of benzene rings is 4. The maximum atomic E-state index is 9.60. The van der Waals surface area contributed by atoms with Crippen molar-refractivity contribution in [2.24, 2.45) is 17.8 Å². The molecule has 4 atom stereocenters. The maximum Gasteiger partial charge on any atom is 0.164 e. The Morgan fingerprint density at radius 3 is 1.78 bits per heavy atom. The molecule has 0 N–H and O–H groups in total. The van der Waals surface area contributed by atoms with Crippen LogP contribution in [0.25, 0.3) is 56.4 Å². The van der Waals surface area contributed by atoms with Crippen molar-refractivity contribution in [1.29, 1.82) is 5.26 Å². The molecule has 1 unspecified atom stereocenters. The number of fused-ring (bicyclic) bond motifs is 2.